The number of benzene rings is 2. The van der Waals surface area contributed by atoms with Gasteiger partial charge in [-0.3, -0.25) is 0 Å². The first kappa shape index (κ1) is 13.3. The molecule has 0 saturated carbocycles. The van der Waals surface area contributed by atoms with Gasteiger partial charge in [-0.1, -0.05) is 27.7 Å². The normalized spacial score (nSPS) is 10.2. The fourth-order valence-electron chi connectivity index (χ4n) is 1.52. The van der Waals surface area contributed by atoms with Gasteiger partial charge in [0.1, 0.15) is 0 Å². The van der Waals surface area contributed by atoms with Gasteiger partial charge in [0.05, 0.1) is 14.2 Å². The zero-order valence-corrected chi connectivity index (χ0v) is 12.5. The maximum atomic E-state index is 5.29. The van der Waals surface area contributed by atoms with E-state index in [1.54, 1.807) is 26.0 Å². The topological polar surface area (TPSA) is 18.5 Å². The molecular weight excluding hydrogens is 312 g/mol. The Bertz CT molecular complexity index is 526. The average Bonchev–Trinajstić information content (AvgIpc) is 2.41. The molecule has 0 aliphatic rings. The van der Waals surface area contributed by atoms with Crippen molar-refractivity contribution in [2.24, 2.45) is 0 Å². The van der Waals surface area contributed by atoms with Crippen LogP contribution in [0.1, 0.15) is 0 Å². The Morgan fingerprint density at radius 2 is 1.44 bits per heavy atom. The lowest BCUT2D eigenvalue weighted by molar-refractivity contribution is 0.354. The van der Waals surface area contributed by atoms with Crippen LogP contribution in [0.5, 0.6) is 11.5 Å². The van der Waals surface area contributed by atoms with E-state index >= 15 is 0 Å². The van der Waals surface area contributed by atoms with Crippen LogP contribution in [0.3, 0.4) is 0 Å². The Labute approximate surface area is 119 Å². The van der Waals surface area contributed by atoms with Crippen LogP contribution >= 0.6 is 27.7 Å². The quantitative estimate of drug-likeness (QED) is 0.817. The van der Waals surface area contributed by atoms with Gasteiger partial charge in [0.2, 0.25) is 0 Å². The molecule has 0 bridgehead atoms. The third-order valence-corrected chi connectivity index (χ3v) is 3.93. The fourth-order valence-corrected chi connectivity index (χ4v) is 2.63. The summed E-state index contributed by atoms with van der Waals surface area (Å²) in [6, 6.07) is 14.1. The Kier molecular flexibility index (Phi) is 4.55. The van der Waals surface area contributed by atoms with E-state index < -0.39 is 0 Å². The van der Waals surface area contributed by atoms with E-state index in [4.69, 9.17) is 9.47 Å². The van der Waals surface area contributed by atoms with Gasteiger partial charge < -0.3 is 9.47 Å². The van der Waals surface area contributed by atoms with Crippen molar-refractivity contribution in [1.82, 2.24) is 0 Å². The molecule has 0 aliphatic carbocycles. The molecule has 0 heterocycles. The molecule has 2 rings (SSSR count). The number of halogens is 1. The van der Waals surface area contributed by atoms with Gasteiger partial charge in [0.15, 0.2) is 11.5 Å². The lowest BCUT2D eigenvalue weighted by atomic mass is 10.3. The summed E-state index contributed by atoms with van der Waals surface area (Å²) in [7, 11) is 3.28. The van der Waals surface area contributed by atoms with Gasteiger partial charge in [-0.2, -0.15) is 0 Å². The van der Waals surface area contributed by atoms with Gasteiger partial charge in [-0.05, 0) is 42.5 Å². The van der Waals surface area contributed by atoms with Crippen molar-refractivity contribution < 1.29 is 9.47 Å². The Hall–Kier alpha value is -1.13. The van der Waals surface area contributed by atoms with Gasteiger partial charge >= 0.3 is 0 Å². The highest BCUT2D eigenvalue weighted by molar-refractivity contribution is 9.10. The molecule has 0 aliphatic heterocycles. The first-order valence-electron chi connectivity index (χ1n) is 5.38. The summed E-state index contributed by atoms with van der Waals surface area (Å²) in [6.07, 6.45) is 0. The maximum Gasteiger partial charge on any atom is 0.161 e. The molecule has 0 atom stereocenters. The zero-order valence-electron chi connectivity index (χ0n) is 10.1. The van der Waals surface area contributed by atoms with Gasteiger partial charge in [0, 0.05) is 14.3 Å². The summed E-state index contributed by atoms with van der Waals surface area (Å²) in [5, 5.41) is 0. The smallest absolute Gasteiger partial charge is 0.161 e. The predicted molar refractivity (Wildman–Crippen MR) is 77.8 cm³/mol. The van der Waals surface area contributed by atoms with E-state index in [-0.39, 0.29) is 0 Å². The molecule has 0 amide bonds. The van der Waals surface area contributed by atoms with Gasteiger partial charge in [-0.15, -0.1) is 0 Å². The van der Waals surface area contributed by atoms with Crippen LogP contribution in [-0.2, 0) is 0 Å². The highest BCUT2D eigenvalue weighted by Gasteiger charge is 2.05. The first-order chi connectivity index (χ1) is 8.72. The zero-order chi connectivity index (χ0) is 13.0. The third kappa shape index (κ3) is 3.21. The van der Waals surface area contributed by atoms with Crippen molar-refractivity contribution in [1.29, 1.82) is 0 Å². The van der Waals surface area contributed by atoms with Crippen LogP contribution in [0.15, 0.2) is 56.7 Å². The second-order valence-electron chi connectivity index (χ2n) is 3.57. The monoisotopic (exact) mass is 324 g/mol. The SMILES string of the molecule is COc1ccc(Sc2ccc(Br)cc2)cc1OC. The number of rotatable bonds is 4. The fraction of sp³-hybridized carbons (Fsp3) is 0.143. The standard InChI is InChI=1S/C14H13BrO2S/c1-16-13-8-7-12(9-14(13)17-2)18-11-5-3-10(15)4-6-11/h3-9H,1-2H3. The molecule has 0 aromatic heterocycles. The third-order valence-electron chi connectivity index (χ3n) is 2.40. The molecule has 0 saturated heterocycles. The number of hydrogen-bond acceptors (Lipinski definition) is 3. The number of ether oxygens (including phenoxy) is 2. The maximum absolute atomic E-state index is 5.29. The molecule has 4 heteroatoms. The summed E-state index contributed by atoms with van der Waals surface area (Å²) < 4.78 is 11.6. The minimum Gasteiger partial charge on any atom is -0.493 e. The Morgan fingerprint density at radius 3 is 2.06 bits per heavy atom. The highest BCUT2D eigenvalue weighted by atomic mass is 79.9. The minimum atomic E-state index is 0.748. The second kappa shape index (κ2) is 6.16. The summed E-state index contributed by atoms with van der Waals surface area (Å²) in [5.74, 6) is 1.50. The van der Waals surface area contributed by atoms with Gasteiger partial charge in [0.25, 0.3) is 0 Å². The molecule has 2 aromatic rings. The van der Waals surface area contributed by atoms with Crippen LogP contribution in [-0.4, -0.2) is 14.2 Å². The van der Waals surface area contributed by atoms with Gasteiger partial charge in [-0.25, -0.2) is 0 Å². The Balaban J connectivity index is 2.21. The minimum absolute atomic E-state index is 0.748. The molecule has 18 heavy (non-hydrogen) atoms. The molecule has 0 unspecified atom stereocenters. The molecule has 2 nitrogen and oxygen atoms in total. The summed E-state index contributed by atoms with van der Waals surface area (Å²) >= 11 is 5.12. The van der Waals surface area contributed by atoms with Crippen molar-refractivity contribution >= 4 is 27.7 Å². The van der Waals surface area contributed by atoms with Crippen molar-refractivity contribution in [2.75, 3.05) is 14.2 Å². The van der Waals surface area contributed by atoms with Crippen LogP contribution in [0.2, 0.25) is 0 Å². The van der Waals surface area contributed by atoms with Crippen molar-refractivity contribution in [3.63, 3.8) is 0 Å². The van der Waals surface area contributed by atoms with Crippen molar-refractivity contribution in [3.8, 4) is 11.5 Å². The molecule has 0 radical (unpaired) electrons. The second-order valence-corrected chi connectivity index (χ2v) is 5.64. The van der Waals surface area contributed by atoms with E-state index in [0.29, 0.717) is 0 Å². The molecule has 94 valence electrons. The lowest BCUT2D eigenvalue weighted by Crippen LogP contribution is -1.90. The van der Waals surface area contributed by atoms with E-state index in [9.17, 15) is 0 Å². The lowest BCUT2D eigenvalue weighted by Gasteiger charge is -2.09. The van der Waals surface area contributed by atoms with Crippen LogP contribution in [0.4, 0.5) is 0 Å². The molecule has 2 aromatic carbocycles. The van der Waals surface area contributed by atoms with Crippen LogP contribution in [0, 0.1) is 0 Å². The summed E-state index contributed by atoms with van der Waals surface area (Å²) in [6.45, 7) is 0. The number of hydrogen-bond donors (Lipinski definition) is 0. The molecule has 0 fully saturated rings. The van der Waals surface area contributed by atoms with E-state index in [1.165, 1.54) is 4.90 Å². The van der Waals surface area contributed by atoms with E-state index in [1.807, 2.05) is 30.3 Å². The van der Waals surface area contributed by atoms with E-state index in [2.05, 4.69) is 28.1 Å². The molecule has 0 spiro atoms. The van der Waals surface area contributed by atoms with Crippen molar-refractivity contribution in [2.45, 2.75) is 9.79 Å². The summed E-state index contributed by atoms with van der Waals surface area (Å²) in [5.41, 5.74) is 0. The largest absolute Gasteiger partial charge is 0.493 e. The predicted octanol–water partition coefficient (Wildman–Crippen LogP) is 4.62. The number of methoxy groups -OCH3 is 2. The average molecular weight is 325 g/mol. The van der Waals surface area contributed by atoms with Crippen LogP contribution < -0.4 is 9.47 Å². The Morgan fingerprint density at radius 1 is 0.833 bits per heavy atom. The molecular formula is C14H13BrO2S. The van der Waals surface area contributed by atoms with Crippen LogP contribution in [0.25, 0.3) is 0 Å². The first-order valence-corrected chi connectivity index (χ1v) is 6.99. The highest BCUT2D eigenvalue weighted by Crippen LogP contribution is 2.35. The molecule has 0 N–H and O–H groups in total. The summed E-state index contributed by atoms with van der Waals surface area (Å²) in [4.78, 5) is 2.31. The van der Waals surface area contributed by atoms with E-state index in [0.717, 1.165) is 20.9 Å². The van der Waals surface area contributed by atoms with Crippen molar-refractivity contribution in [3.05, 3.63) is 46.9 Å².